The Morgan fingerprint density at radius 3 is 2.61 bits per heavy atom. The molecule has 1 atom stereocenters. The van der Waals surface area contributed by atoms with E-state index in [2.05, 4.69) is 35.7 Å². The normalized spacial score (nSPS) is 11.6. The number of aromatic amines is 1. The molecule has 5 rings (SSSR count). The Morgan fingerprint density at radius 2 is 1.82 bits per heavy atom. The number of aromatic nitrogens is 6. The summed E-state index contributed by atoms with van der Waals surface area (Å²) in [5, 5.41) is 3.16. The molecule has 3 N–H and O–H groups in total. The zero-order chi connectivity index (χ0) is 23.4. The first-order chi connectivity index (χ1) is 16.1. The maximum Gasteiger partial charge on any atom is 0.283 e. The highest BCUT2D eigenvalue weighted by atomic mass is 19.1. The quantitative estimate of drug-likeness (QED) is 0.369. The molecule has 0 aliphatic carbocycles. The van der Waals surface area contributed by atoms with Gasteiger partial charge in [-0.25, -0.2) is 29.0 Å². The second kappa shape index (κ2) is 9.43. The van der Waals surface area contributed by atoms with E-state index in [1.165, 1.54) is 29.5 Å². The van der Waals surface area contributed by atoms with Crippen LogP contribution in [0, 0.1) is 5.82 Å². The first-order valence-electron chi connectivity index (χ1n) is 10.6. The number of fused-ring (bicyclic) bond motifs is 2. The largest absolute Gasteiger partial charge is 0.358 e. The van der Waals surface area contributed by atoms with Gasteiger partial charge < -0.3 is 10.3 Å². The number of halogens is 1. The second-order valence-corrected chi connectivity index (χ2v) is 6.91. The number of nitrogens with one attached hydrogen (secondary N) is 3. The predicted octanol–water partition coefficient (Wildman–Crippen LogP) is 4.28. The zero-order valence-corrected chi connectivity index (χ0v) is 18.4. The highest BCUT2D eigenvalue weighted by molar-refractivity contribution is 5.82. The van der Waals surface area contributed by atoms with E-state index in [4.69, 9.17) is 0 Å². The molecule has 0 bridgehead atoms. The minimum absolute atomic E-state index is 0.0834. The monoisotopic (exact) mass is 446 g/mol. The summed E-state index contributed by atoms with van der Waals surface area (Å²) >= 11 is 0. The molecule has 2 aromatic carbocycles. The smallest absolute Gasteiger partial charge is 0.283 e. The number of H-pyrrole nitrogens is 1. The van der Waals surface area contributed by atoms with Crippen molar-refractivity contribution in [1.29, 1.82) is 0 Å². The Hall–Kier alpha value is -4.34. The maximum absolute atomic E-state index is 14.5. The lowest BCUT2D eigenvalue weighted by Gasteiger charge is -2.21. The Kier molecular flexibility index (Phi) is 6.25. The van der Waals surface area contributed by atoms with Gasteiger partial charge in [-0.1, -0.05) is 38.1 Å². The van der Waals surface area contributed by atoms with Gasteiger partial charge in [0.15, 0.2) is 17.3 Å². The van der Waals surface area contributed by atoms with Gasteiger partial charge in [0.1, 0.15) is 23.0 Å². The summed E-state index contributed by atoms with van der Waals surface area (Å²) in [6.45, 7) is 5.83. The van der Waals surface area contributed by atoms with Gasteiger partial charge in [0.05, 0.1) is 23.6 Å². The van der Waals surface area contributed by atoms with E-state index in [1.54, 1.807) is 18.2 Å². The van der Waals surface area contributed by atoms with Gasteiger partial charge in [-0.05, 0) is 31.2 Å². The Bertz CT molecular complexity index is 1450. The third-order valence-corrected chi connectivity index (χ3v) is 4.85. The van der Waals surface area contributed by atoms with Gasteiger partial charge in [-0.2, -0.15) is 0 Å². The van der Waals surface area contributed by atoms with E-state index < -0.39 is 17.4 Å². The molecule has 10 heteroatoms. The molecule has 0 spiro atoms. The van der Waals surface area contributed by atoms with Crippen molar-refractivity contribution in [3.63, 3.8) is 0 Å². The minimum atomic E-state index is -0.624. The van der Waals surface area contributed by atoms with Gasteiger partial charge in [0.2, 0.25) is 0 Å². The fourth-order valence-electron chi connectivity index (χ4n) is 3.39. The molecule has 1 unspecified atom stereocenters. The van der Waals surface area contributed by atoms with E-state index >= 15 is 0 Å². The third kappa shape index (κ3) is 4.22. The van der Waals surface area contributed by atoms with Crippen LogP contribution in [0.2, 0.25) is 0 Å². The van der Waals surface area contributed by atoms with Crippen LogP contribution in [0.15, 0.2) is 66.0 Å². The summed E-state index contributed by atoms with van der Waals surface area (Å²) in [5.74, 6) is 0.244. The molecule has 0 fully saturated rings. The molecule has 3 aromatic heterocycles. The van der Waals surface area contributed by atoms with Crippen LogP contribution >= 0.6 is 0 Å². The van der Waals surface area contributed by atoms with Crippen LogP contribution in [0.3, 0.4) is 0 Å². The lowest BCUT2D eigenvalue weighted by molar-refractivity contribution is 0.632. The van der Waals surface area contributed by atoms with Gasteiger partial charge in [0.25, 0.3) is 5.56 Å². The van der Waals surface area contributed by atoms with E-state index in [1.807, 2.05) is 39.0 Å². The molecule has 0 saturated heterocycles. The highest BCUT2D eigenvalue weighted by Gasteiger charge is 2.20. The number of imidazole rings is 1. The summed E-state index contributed by atoms with van der Waals surface area (Å²) < 4.78 is 15.7. The lowest BCUT2D eigenvalue weighted by atomic mass is 10.2. The zero-order valence-electron chi connectivity index (χ0n) is 18.4. The van der Waals surface area contributed by atoms with E-state index in [9.17, 15) is 9.18 Å². The molecule has 0 amide bonds. The molecular formula is C23H23FN8O. The molecule has 0 radical (unpaired) electrons. The van der Waals surface area contributed by atoms with Crippen molar-refractivity contribution in [2.45, 2.75) is 26.8 Å². The molecule has 168 valence electrons. The Labute approximate surface area is 188 Å². The molecular weight excluding hydrogens is 423 g/mol. The molecule has 0 saturated carbocycles. The average Bonchev–Trinajstić information content (AvgIpc) is 3.33. The molecule has 0 aliphatic heterocycles. The summed E-state index contributed by atoms with van der Waals surface area (Å²) in [4.78, 5) is 33.3. The number of nitrogens with zero attached hydrogens (tertiary/aromatic N) is 5. The van der Waals surface area contributed by atoms with Crippen molar-refractivity contribution in [2.75, 3.05) is 10.7 Å². The number of hydrogen-bond acceptors (Lipinski definition) is 7. The number of rotatable bonds is 5. The van der Waals surface area contributed by atoms with Gasteiger partial charge in [0, 0.05) is 0 Å². The second-order valence-electron chi connectivity index (χ2n) is 6.91. The van der Waals surface area contributed by atoms with Crippen molar-refractivity contribution < 1.29 is 4.39 Å². The molecule has 0 aliphatic rings. The minimum Gasteiger partial charge on any atom is -0.358 e. The number of hydrogen-bond donors (Lipinski definition) is 3. The van der Waals surface area contributed by atoms with Crippen molar-refractivity contribution in [1.82, 2.24) is 29.6 Å². The SMILES string of the molecule is CC.CC(Nc1ncnc2nc[nH]c12)c1nc2cccc(F)c2c(=O)n1Nc1ccccc1. The first-order valence-corrected chi connectivity index (χ1v) is 10.6. The lowest BCUT2D eigenvalue weighted by Crippen LogP contribution is -2.33. The third-order valence-electron chi connectivity index (χ3n) is 4.85. The predicted molar refractivity (Wildman–Crippen MR) is 126 cm³/mol. The van der Waals surface area contributed by atoms with E-state index in [0.29, 0.717) is 28.5 Å². The molecule has 3 heterocycles. The molecule has 5 aromatic rings. The summed E-state index contributed by atoms with van der Waals surface area (Å²) in [6.07, 6.45) is 2.93. The van der Waals surface area contributed by atoms with Gasteiger partial charge >= 0.3 is 0 Å². The fraction of sp³-hybridized carbons (Fsp3) is 0.174. The molecule has 33 heavy (non-hydrogen) atoms. The first kappa shape index (κ1) is 21.9. The maximum atomic E-state index is 14.5. The fourth-order valence-corrected chi connectivity index (χ4v) is 3.39. The summed E-state index contributed by atoms with van der Waals surface area (Å²) in [5.41, 5.74) is 4.58. The van der Waals surface area contributed by atoms with Crippen LogP contribution in [0.25, 0.3) is 22.1 Å². The highest BCUT2D eigenvalue weighted by Crippen LogP contribution is 2.22. The van der Waals surface area contributed by atoms with Crippen LogP contribution < -0.4 is 16.3 Å². The van der Waals surface area contributed by atoms with Crippen LogP contribution in [-0.4, -0.2) is 29.6 Å². The van der Waals surface area contributed by atoms with Crippen molar-refractivity contribution in [3.8, 4) is 0 Å². The summed E-state index contributed by atoms with van der Waals surface area (Å²) in [6, 6.07) is 13.0. The number of anilines is 2. The Balaban J connectivity index is 0.00000126. The standard InChI is InChI=1S/C21H17FN8O.C2H6/c1-12(27-19-17-18(24-10-23-17)25-11-26-19)20-28-15-9-5-8-14(22)16(15)21(31)30(20)29-13-6-3-2-4-7-13;1-2/h2-12,29H,1H3,(H2,23,24,25,26,27);1-2H3. The summed E-state index contributed by atoms with van der Waals surface area (Å²) in [7, 11) is 0. The van der Waals surface area contributed by atoms with Gasteiger partial charge in [-0.15, -0.1) is 0 Å². The number of para-hydroxylation sites is 1. The number of benzene rings is 2. The average molecular weight is 446 g/mol. The van der Waals surface area contributed by atoms with Crippen molar-refractivity contribution in [2.24, 2.45) is 0 Å². The topological polar surface area (TPSA) is 113 Å². The van der Waals surface area contributed by atoms with Crippen LogP contribution in [-0.2, 0) is 0 Å². The Morgan fingerprint density at radius 1 is 1.03 bits per heavy atom. The van der Waals surface area contributed by atoms with Crippen molar-refractivity contribution in [3.05, 3.63) is 83.2 Å². The van der Waals surface area contributed by atoms with E-state index in [-0.39, 0.29) is 10.9 Å². The van der Waals surface area contributed by atoms with Crippen molar-refractivity contribution >= 4 is 33.6 Å². The van der Waals surface area contributed by atoms with Crippen LogP contribution in [0.5, 0.6) is 0 Å². The van der Waals surface area contributed by atoms with Crippen LogP contribution in [0.1, 0.15) is 32.6 Å². The van der Waals surface area contributed by atoms with E-state index in [0.717, 1.165) is 0 Å². The van der Waals surface area contributed by atoms with Crippen LogP contribution in [0.4, 0.5) is 15.9 Å². The molecule has 9 nitrogen and oxygen atoms in total. The van der Waals surface area contributed by atoms with Gasteiger partial charge in [-0.3, -0.25) is 10.2 Å².